The maximum atomic E-state index is 13.2. The van der Waals surface area contributed by atoms with Gasteiger partial charge in [-0.05, 0) is 17.7 Å². The minimum absolute atomic E-state index is 0.369. The lowest BCUT2D eigenvalue weighted by Crippen LogP contribution is -2.48. The van der Waals surface area contributed by atoms with Crippen molar-refractivity contribution in [1.29, 1.82) is 0 Å². The van der Waals surface area contributed by atoms with E-state index in [4.69, 9.17) is 0 Å². The number of hydrogen-bond acceptors (Lipinski definition) is 4. The zero-order valence-electron chi connectivity index (χ0n) is 14.5. The fourth-order valence-electron chi connectivity index (χ4n) is 3.43. The molecule has 2 aromatic carbocycles. The van der Waals surface area contributed by atoms with Gasteiger partial charge in [0.1, 0.15) is 0 Å². The molecule has 1 saturated heterocycles. The normalized spacial score (nSPS) is 16.8. The van der Waals surface area contributed by atoms with Crippen molar-refractivity contribution in [2.24, 2.45) is 0 Å². The maximum Gasteiger partial charge on any atom is 0.243 e. The highest BCUT2D eigenvalue weighted by molar-refractivity contribution is 7.89. The lowest BCUT2D eigenvalue weighted by Gasteiger charge is -2.34. The second-order valence-electron chi connectivity index (χ2n) is 6.52. The van der Waals surface area contributed by atoms with Gasteiger partial charge in [-0.1, -0.05) is 42.5 Å². The van der Waals surface area contributed by atoms with Crippen LogP contribution in [0.3, 0.4) is 0 Å². The van der Waals surface area contributed by atoms with E-state index in [0.717, 1.165) is 30.4 Å². The summed E-state index contributed by atoms with van der Waals surface area (Å²) in [7, 11) is -3.51. The van der Waals surface area contributed by atoms with Gasteiger partial charge in [0.05, 0.1) is 4.90 Å². The van der Waals surface area contributed by atoms with Crippen LogP contribution in [0.5, 0.6) is 0 Å². The van der Waals surface area contributed by atoms with E-state index in [1.807, 2.05) is 24.3 Å². The number of nitrogens with zero attached hydrogens (tertiary/aromatic N) is 3. The first-order valence-corrected chi connectivity index (χ1v) is 10.2. The maximum absolute atomic E-state index is 13.2. The molecule has 1 aliphatic rings. The summed E-state index contributed by atoms with van der Waals surface area (Å²) in [6.45, 7) is 3.35. The minimum Gasteiger partial charge on any atom is -0.296 e. The van der Waals surface area contributed by atoms with E-state index in [0.29, 0.717) is 18.0 Å². The number of rotatable bonds is 4. The van der Waals surface area contributed by atoms with E-state index < -0.39 is 10.0 Å². The summed E-state index contributed by atoms with van der Waals surface area (Å²) in [6, 6.07) is 17.4. The lowest BCUT2D eigenvalue weighted by molar-refractivity contribution is 0.181. The van der Waals surface area contributed by atoms with Gasteiger partial charge in [-0.25, -0.2) is 8.42 Å². The van der Waals surface area contributed by atoms with Crippen LogP contribution in [0.4, 0.5) is 0 Å². The lowest BCUT2D eigenvalue weighted by atomic mass is 10.2. The number of aromatic nitrogens is 1. The third kappa shape index (κ3) is 3.35. The largest absolute Gasteiger partial charge is 0.296 e. The van der Waals surface area contributed by atoms with Crippen molar-refractivity contribution in [3.63, 3.8) is 0 Å². The first-order valence-electron chi connectivity index (χ1n) is 8.74. The van der Waals surface area contributed by atoms with E-state index in [1.54, 1.807) is 34.9 Å². The van der Waals surface area contributed by atoms with Gasteiger partial charge in [-0.3, -0.25) is 9.88 Å². The molecule has 1 aromatic heterocycles. The molecular formula is C20H21N3O2S. The Morgan fingerprint density at radius 3 is 2.42 bits per heavy atom. The molecule has 0 aliphatic carbocycles. The summed E-state index contributed by atoms with van der Waals surface area (Å²) in [5.74, 6) is 0. The van der Waals surface area contributed by atoms with Crippen LogP contribution in [0.2, 0.25) is 0 Å². The van der Waals surface area contributed by atoms with Gasteiger partial charge in [-0.2, -0.15) is 4.31 Å². The molecule has 6 heteroatoms. The smallest absolute Gasteiger partial charge is 0.243 e. The second-order valence-corrected chi connectivity index (χ2v) is 8.43. The van der Waals surface area contributed by atoms with Gasteiger partial charge in [-0.15, -0.1) is 0 Å². The summed E-state index contributed by atoms with van der Waals surface area (Å²) >= 11 is 0. The topological polar surface area (TPSA) is 53.5 Å². The number of sulfonamides is 1. The molecule has 0 amide bonds. The molecule has 3 aromatic rings. The van der Waals surface area contributed by atoms with Crippen LogP contribution in [-0.4, -0.2) is 48.8 Å². The van der Waals surface area contributed by atoms with Crippen LogP contribution >= 0.6 is 0 Å². The fourth-order valence-corrected chi connectivity index (χ4v) is 5.06. The molecule has 0 N–H and O–H groups in total. The molecule has 5 nitrogen and oxygen atoms in total. The molecule has 4 rings (SSSR count). The molecule has 0 radical (unpaired) electrons. The first kappa shape index (κ1) is 17.1. The summed E-state index contributed by atoms with van der Waals surface area (Å²) in [5, 5.41) is 1.57. The monoisotopic (exact) mass is 367 g/mol. The zero-order chi connectivity index (χ0) is 18.0. The summed E-state index contributed by atoms with van der Waals surface area (Å²) in [6.07, 6.45) is 3.34. The van der Waals surface area contributed by atoms with Crippen LogP contribution in [0.15, 0.2) is 71.9 Å². The van der Waals surface area contributed by atoms with Crippen molar-refractivity contribution >= 4 is 20.8 Å². The third-order valence-electron chi connectivity index (χ3n) is 4.84. The summed E-state index contributed by atoms with van der Waals surface area (Å²) in [5.41, 5.74) is 1.25. The molecule has 1 fully saturated rings. The predicted octanol–water partition coefficient (Wildman–Crippen LogP) is 2.74. The summed E-state index contributed by atoms with van der Waals surface area (Å²) in [4.78, 5) is 6.75. The predicted molar refractivity (Wildman–Crippen MR) is 102 cm³/mol. The molecule has 2 heterocycles. The van der Waals surface area contributed by atoms with Gasteiger partial charge in [0.25, 0.3) is 0 Å². The van der Waals surface area contributed by atoms with Crippen molar-refractivity contribution in [3.05, 3.63) is 72.6 Å². The van der Waals surface area contributed by atoms with Crippen LogP contribution < -0.4 is 0 Å². The van der Waals surface area contributed by atoms with E-state index in [1.165, 1.54) is 5.56 Å². The quantitative estimate of drug-likeness (QED) is 0.712. The van der Waals surface area contributed by atoms with Crippen LogP contribution in [0.25, 0.3) is 10.8 Å². The molecule has 0 unspecified atom stereocenters. The van der Waals surface area contributed by atoms with Crippen molar-refractivity contribution in [2.75, 3.05) is 26.2 Å². The van der Waals surface area contributed by atoms with Gasteiger partial charge >= 0.3 is 0 Å². The minimum atomic E-state index is -3.51. The molecular weight excluding hydrogens is 346 g/mol. The standard InChI is InChI=1S/C20H21N3O2S/c24-26(25,20-8-4-7-18-15-21-10-9-19(18)20)23-13-11-22(12-14-23)16-17-5-2-1-3-6-17/h1-10,15H,11-14,16H2. The van der Waals surface area contributed by atoms with Gasteiger partial charge < -0.3 is 0 Å². The van der Waals surface area contributed by atoms with Gasteiger partial charge in [0.15, 0.2) is 0 Å². The number of benzene rings is 2. The molecule has 0 bridgehead atoms. The average Bonchev–Trinajstić information content (AvgIpc) is 2.69. The van der Waals surface area contributed by atoms with Crippen molar-refractivity contribution in [1.82, 2.24) is 14.2 Å². The van der Waals surface area contributed by atoms with Crippen molar-refractivity contribution in [3.8, 4) is 0 Å². The Morgan fingerprint density at radius 2 is 1.65 bits per heavy atom. The first-order chi connectivity index (χ1) is 12.6. The SMILES string of the molecule is O=S(=O)(c1cccc2cnccc12)N1CCN(Cc2ccccc2)CC1. The Bertz CT molecular complexity index is 993. The van der Waals surface area contributed by atoms with E-state index in [-0.39, 0.29) is 0 Å². The van der Waals surface area contributed by atoms with Crippen molar-refractivity contribution in [2.45, 2.75) is 11.4 Å². The highest BCUT2D eigenvalue weighted by atomic mass is 32.2. The van der Waals surface area contributed by atoms with E-state index in [9.17, 15) is 8.42 Å². The van der Waals surface area contributed by atoms with E-state index >= 15 is 0 Å². The Balaban J connectivity index is 1.51. The third-order valence-corrected chi connectivity index (χ3v) is 6.80. The highest BCUT2D eigenvalue weighted by Crippen LogP contribution is 2.26. The van der Waals surface area contributed by atoms with Gasteiger partial charge in [0.2, 0.25) is 10.0 Å². The Hall–Kier alpha value is -2.28. The number of pyridine rings is 1. The van der Waals surface area contributed by atoms with E-state index in [2.05, 4.69) is 22.0 Å². The molecule has 26 heavy (non-hydrogen) atoms. The summed E-state index contributed by atoms with van der Waals surface area (Å²) < 4.78 is 27.9. The number of hydrogen-bond donors (Lipinski definition) is 0. The molecule has 0 atom stereocenters. The Morgan fingerprint density at radius 1 is 0.885 bits per heavy atom. The molecule has 0 spiro atoms. The second kappa shape index (κ2) is 7.15. The fraction of sp³-hybridized carbons (Fsp3) is 0.250. The molecule has 1 aliphatic heterocycles. The Kier molecular flexibility index (Phi) is 4.72. The zero-order valence-corrected chi connectivity index (χ0v) is 15.3. The number of fused-ring (bicyclic) bond motifs is 1. The van der Waals surface area contributed by atoms with Gasteiger partial charge in [0, 0.05) is 55.9 Å². The van der Waals surface area contributed by atoms with Crippen LogP contribution in [0.1, 0.15) is 5.56 Å². The van der Waals surface area contributed by atoms with Crippen LogP contribution in [0, 0.1) is 0 Å². The number of piperazine rings is 1. The molecule has 0 saturated carbocycles. The molecule has 134 valence electrons. The van der Waals surface area contributed by atoms with Crippen LogP contribution in [-0.2, 0) is 16.6 Å². The highest BCUT2D eigenvalue weighted by Gasteiger charge is 2.29. The average molecular weight is 367 g/mol. The van der Waals surface area contributed by atoms with Crippen molar-refractivity contribution < 1.29 is 8.42 Å². The Labute approximate surface area is 153 Å².